The molecule has 3 rings (SSSR count). The van der Waals surface area contributed by atoms with Gasteiger partial charge in [0.1, 0.15) is 18.1 Å². The lowest BCUT2D eigenvalue weighted by atomic mass is 10.1. The van der Waals surface area contributed by atoms with Gasteiger partial charge < -0.3 is 14.2 Å². The van der Waals surface area contributed by atoms with Crippen LogP contribution in [0.5, 0.6) is 5.75 Å². The Bertz CT molecular complexity index is 962. The first-order valence-corrected chi connectivity index (χ1v) is 9.35. The van der Waals surface area contributed by atoms with E-state index in [1.54, 1.807) is 24.1 Å². The minimum Gasteiger partial charge on any atom is -0.489 e. The van der Waals surface area contributed by atoms with Crippen LogP contribution in [-0.2, 0) is 6.61 Å². The molecule has 6 heteroatoms. The number of aromatic nitrogens is 1. The van der Waals surface area contributed by atoms with Crippen molar-refractivity contribution >= 4 is 27.5 Å². The zero-order valence-corrected chi connectivity index (χ0v) is 17.3. The predicted molar refractivity (Wildman–Crippen MR) is 108 cm³/mol. The zero-order chi connectivity index (χ0) is 19.6. The molecule has 1 amide bonds. The van der Waals surface area contributed by atoms with Crippen molar-refractivity contribution in [2.24, 2.45) is 0 Å². The molecule has 0 aliphatic rings. The van der Waals surface area contributed by atoms with Gasteiger partial charge in [-0.3, -0.25) is 4.79 Å². The smallest absolute Gasteiger partial charge is 0.258 e. The van der Waals surface area contributed by atoms with Crippen molar-refractivity contribution in [2.45, 2.75) is 27.4 Å². The summed E-state index contributed by atoms with van der Waals surface area (Å²) in [5.41, 5.74) is 4.19. The first-order chi connectivity index (χ1) is 12.9. The van der Waals surface area contributed by atoms with Crippen molar-refractivity contribution in [3.8, 4) is 5.75 Å². The van der Waals surface area contributed by atoms with Crippen molar-refractivity contribution in [3.63, 3.8) is 0 Å². The van der Waals surface area contributed by atoms with Crippen LogP contribution < -0.4 is 9.64 Å². The molecule has 0 atom stereocenters. The lowest BCUT2D eigenvalue weighted by molar-refractivity contribution is 0.0992. The molecular weight excluding hydrogens is 408 g/mol. The Hall–Kier alpha value is -2.60. The lowest BCUT2D eigenvalue weighted by Gasteiger charge is -2.20. The highest BCUT2D eigenvalue weighted by Gasteiger charge is 2.16. The molecule has 27 heavy (non-hydrogen) atoms. The first-order valence-electron chi connectivity index (χ1n) is 8.55. The van der Waals surface area contributed by atoms with Crippen LogP contribution in [0.25, 0.3) is 0 Å². The molecule has 140 valence electrons. The van der Waals surface area contributed by atoms with E-state index in [0.29, 0.717) is 17.9 Å². The summed E-state index contributed by atoms with van der Waals surface area (Å²) < 4.78 is 12.0. The fourth-order valence-corrected chi connectivity index (χ4v) is 3.36. The number of carbonyl (C=O) groups is 1. The number of ether oxygens (including phenoxy) is 1. The molecular formula is C21H21BrN2O3. The second-order valence-electron chi connectivity index (χ2n) is 6.41. The van der Waals surface area contributed by atoms with Crippen LogP contribution >= 0.6 is 15.9 Å². The summed E-state index contributed by atoms with van der Waals surface area (Å²) in [6.45, 7) is 6.06. The van der Waals surface area contributed by atoms with E-state index in [1.165, 1.54) is 0 Å². The molecule has 0 unspecified atom stereocenters. The SMILES string of the molecule is Cc1cc(Br)ccc1N(C)C(=O)c1cccc(OCc2c(C)noc2C)c1. The van der Waals surface area contributed by atoms with Crippen molar-refractivity contribution in [1.29, 1.82) is 0 Å². The Morgan fingerprint density at radius 2 is 1.96 bits per heavy atom. The van der Waals surface area contributed by atoms with Crippen LogP contribution in [0.15, 0.2) is 51.5 Å². The Morgan fingerprint density at radius 3 is 2.63 bits per heavy atom. The minimum absolute atomic E-state index is 0.0942. The monoisotopic (exact) mass is 428 g/mol. The fraction of sp³-hybridized carbons (Fsp3) is 0.238. The molecule has 5 nitrogen and oxygen atoms in total. The Labute approximate surface area is 167 Å². The first kappa shape index (κ1) is 19.2. The molecule has 3 aromatic rings. The van der Waals surface area contributed by atoms with E-state index in [1.807, 2.05) is 51.1 Å². The maximum Gasteiger partial charge on any atom is 0.258 e. The Balaban J connectivity index is 1.77. The number of rotatable bonds is 5. The zero-order valence-electron chi connectivity index (χ0n) is 15.7. The highest BCUT2D eigenvalue weighted by Crippen LogP contribution is 2.25. The number of amides is 1. The van der Waals surface area contributed by atoms with Crippen LogP contribution in [0.1, 0.15) is 32.9 Å². The number of halogens is 1. The predicted octanol–water partition coefficient (Wildman–Crippen LogP) is 5.22. The highest BCUT2D eigenvalue weighted by molar-refractivity contribution is 9.10. The number of carbonyl (C=O) groups excluding carboxylic acids is 1. The van der Waals surface area contributed by atoms with E-state index in [2.05, 4.69) is 21.1 Å². The highest BCUT2D eigenvalue weighted by atomic mass is 79.9. The van der Waals surface area contributed by atoms with E-state index >= 15 is 0 Å². The third-order valence-electron chi connectivity index (χ3n) is 4.47. The number of nitrogens with zero attached hydrogens (tertiary/aromatic N) is 2. The van der Waals surface area contributed by atoms with Gasteiger partial charge in [0.25, 0.3) is 5.91 Å². The minimum atomic E-state index is -0.0942. The fourth-order valence-electron chi connectivity index (χ4n) is 2.88. The molecule has 1 heterocycles. The average Bonchev–Trinajstić information content (AvgIpc) is 2.97. The normalized spacial score (nSPS) is 10.7. The van der Waals surface area contributed by atoms with Crippen LogP contribution in [0.4, 0.5) is 5.69 Å². The van der Waals surface area contributed by atoms with Gasteiger partial charge in [0.2, 0.25) is 0 Å². The number of anilines is 1. The van der Waals surface area contributed by atoms with Gasteiger partial charge in [-0.15, -0.1) is 0 Å². The molecule has 0 fully saturated rings. The Morgan fingerprint density at radius 1 is 1.19 bits per heavy atom. The van der Waals surface area contributed by atoms with E-state index in [-0.39, 0.29) is 5.91 Å². The molecule has 0 bridgehead atoms. The van der Waals surface area contributed by atoms with Crippen LogP contribution in [0.2, 0.25) is 0 Å². The molecule has 0 spiro atoms. The van der Waals surface area contributed by atoms with Gasteiger partial charge >= 0.3 is 0 Å². The maximum absolute atomic E-state index is 12.9. The van der Waals surface area contributed by atoms with Crippen LogP contribution in [-0.4, -0.2) is 18.1 Å². The number of hydrogen-bond donors (Lipinski definition) is 0. The summed E-state index contributed by atoms with van der Waals surface area (Å²) in [5, 5.41) is 3.93. The second kappa shape index (κ2) is 7.96. The van der Waals surface area contributed by atoms with Gasteiger partial charge in [0.15, 0.2) is 0 Å². The van der Waals surface area contributed by atoms with Gasteiger partial charge in [0.05, 0.1) is 11.3 Å². The largest absolute Gasteiger partial charge is 0.489 e. The molecule has 2 aromatic carbocycles. The average molecular weight is 429 g/mol. The van der Waals surface area contributed by atoms with E-state index in [4.69, 9.17) is 9.26 Å². The molecule has 0 radical (unpaired) electrons. The standard InChI is InChI=1S/C21H21BrN2O3/c1-13-10-17(22)8-9-20(13)24(4)21(25)16-6-5-7-18(11-16)26-12-19-14(2)23-27-15(19)3/h5-11H,12H2,1-4H3. The molecule has 1 aromatic heterocycles. The molecule has 0 aliphatic heterocycles. The molecule has 0 saturated carbocycles. The maximum atomic E-state index is 12.9. The third-order valence-corrected chi connectivity index (χ3v) is 4.96. The topological polar surface area (TPSA) is 55.6 Å². The summed E-state index contributed by atoms with van der Waals surface area (Å²) in [4.78, 5) is 14.6. The van der Waals surface area contributed by atoms with Crippen LogP contribution in [0, 0.1) is 20.8 Å². The van der Waals surface area contributed by atoms with Crippen molar-refractivity contribution in [2.75, 3.05) is 11.9 Å². The van der Waals surface area contributed by atoms with Gasteiger partial charge in [-0.25, -0.2) is 0 Å². The van der Waals surface area contributed by atoms with Crippen molar-refractivity contribution in [1.82, 2.24) is 5.16 Å². The van der Waals surface area contributed by atoms with Gasteiger partial charge in [0, 0.05) is 22.8 Å². The second-order valence-corrected chi connectivity index (χ2v) is 7.33. The molecule has 0 N–H and O–H groups in total. The van der Waals surface area contributed by atoms with Gasteiger partial charge in [-0.1, -0.05) is 27.2 Å². The third kappa shape index (κ3) is 4.22. The number of hydrogen-bond acceptors (Lipinski definition) is 4. The van der Waals surface area contributed by atoms with E-state index in [0.717, 1.165) is 32.7 Å². The number of aryl methyl sites for hydroxylation is 3. The summed E-state index contributed by atoms with van der Waals surface area (Å²) in [7, 11) is 1.77. The van der Waals surface area contributed by atoms with Crippen molar-refractivity contribution < 1.29 is 14.1 Å². The van der Waals surface area contributed by atoms with E-state index in [9.17, 15) is 4.79 Å². The molecule has 0 aliphatic carbocycles. The summed E-state index contributed by atoms with van der Waals surface area (Å²) in [5.74, 6) is 1.27. The van der Waals surface area contributed by atoms with Gasteiger partial charge in [-0.2, -0.15) is 0 Å². The Kier molecular flexibility index (Phi) is 5.65. The van der Waals surface area contributed by atoms with E-state index < -0.39 is 0 Å². The quantitative estimate of drug-likeness (QED) is 0.558. The summed E-state index contributed by atoms with van der Waals surface area (Å²) in [6, 6.07) is 13.0. The molecule has 0 saturated heterocycles. The number of benzene rings is 2. The lowest BCUT2D eigenvalue weighted by Crippen LogP contribution is -2.26. The van der Waals surface area contributed by atoms with Gasteiger partial charge in [-0.05, 0) is 62.7 Å². The summed E-state index contributed by atoms with van der Waals surface area (Å²) in [6.07, 6.45) is 0. The summed E-state index contributed by atoms with van der Waals surface area (Å²) >= 11 is 3.45. The van der Waals surface area contributed by atoms with Crippen molar-refractivity contribution in [3.05, 3.63) is 75.1 Å². The van der Waals surface area contributed by atoms with Crippen LogP contribution in [0.3, 0.4) is 0 Å².